The molecule has 4 rings (SSSR count). The third-order valence-corrected chi connectivity index (χ3v) is 6.94. The Morgan fingerprint density at radius 2 is 1.90 bits per heavy atom. The van der Waals surface area contributed by atoms with Crippen molar-refractivity contribution in [2.75, 3.05) is 24.6 Å². The summed E-state index contributed by atoms with van der Waals surface area (Å²) in [7, 11) is 0. The van der Waals surface area contributed by atoms with Crippen molar-refractivity contribution in [2.24, 2.45) is 5.10 Å². The largest absolute Gasteiger partial charge is 0.390 e. The number of halogens is 1. The van der Waals surface area contributed by atoms with Gasteiger partial charge in [0.25, 0.3) is 0 Å². The van der Waals surface area contributed by atoms with Crippen molar-refractivity contribution < 1.29 is 19.1 Å². The zero-order chi connectivity index (χ0) is 22.2. The second kappa shape index (κ2) is 8.07. The summed E-state index contributed by atoms with van der Waals surface area (Å²) in [6.45, 7) is 6.78. The lowest BCUT2D eigenvalue weighted by Gasteiger charge is -2.52. The van der Waals surface area contributed by atoms with Gasteiger partial charge in [0, 0.05) is 32.3 Å². The minimum Gasteiger partial charge on any atom is -0.390 e. The third kappa shape index (κ3) is 3.96. The van der Waals surface area contributed by atoms with Crippen LogP contribution in [0, 0.1) is 5.82 Å². The van der Waals surface area contributed by atoms with E-state index < -0.39 is 11.1 Å². The second-order valence-electron chi connectivity index (χ2n) is 8.95. The molecule has 1 N–H and O–H groups in total. The van der Waals surface area contributed by atoms with E-state index in [1.165, 1.54) is 18.2 Å². The molecule has 2 saturated heterocycles. The van der Waals surface area contributed by atoms with Crippen molar-refractivity contribution in [3.63, 3.8) is 0 Å². The van der Waals surface area contributed by atoms with E-state index in [0.29, 0.717) is 51.7 Å². The summed E-state index contributed by atoms with van der Waals surface area (Å²) in [6.07, 6.45) is 5.87. The molecule has 0 bridgehead atoms. The summed E-state index contributed by atoms with van der Waals surface area (Å²) in [5.74, 6) is -0.585. The van der Waals surface area contributed by atoms with E-state index in [0.717, 1.165) is 5.69 Å². The van der Waals surface area contributed by atoms with Gasteiger partial charge in [-0.1, -0.05) is 6.58 Å². The van der Waals surface area contributed by atoms with Gasteiger partial charge >= 0.3 is 0 Å². The van der Waals surface area contributed by atoms with Gasteiger partial charge in [0.2, 0.25) is 11.8 Å². The van der Waals surface area contributed by atoms with Crippen LogP contribution in [0.5, 0.6) is 0 Å². The molecule has 0 spiro atoms. The number of nitrogens with zero attached hydrogens (tertiary/aromatic N) is 4. The maximum atomic E-state index is 13.3. The number of hydrazone groups is 1. The average molecular weight is 429 g/mol. The smallest absolute Gasteiger partial charge is 0.248 e. The Morgan fingerprint density at radius 1 is 1.23 bits per heavy atom. The van der Waals surface area contributed by atoms with Crippen LogP contribution in [0.1, 0.15) is 39.0 Å². The number of aliphatic hydroxyl groups is 1. The first kappa shape index (κ1) is 21.5. The van der Waals surface area contributed by atoms with Crippen LogP contribution in [0.15, 0.2) is 42.0 Å². The lowest BCUT2D eigenvalue weighted by atomic mass is 9.81. The van der Waals surface area contributed by atoms with Crippen LogP contribution in [0.4, 0.5) is 10.1 Å². The van der Waals surface area contributed by atoms with E-state index in [2.05, 4.69) is 11.7 Å². The maximum absolute atomic E-state index is 13.3. The molecular weight excluding hydrogens is 399 g/mol. The molecule has 7 nitrogen and oxygen atoms in total. The molecule has 1 unspecified atom stereocenters. The monoisotopic (exact) mass is 428 g/mol. The zero-order valence-electron chi connectivity index (χ0n) is 17.8. The van der Waals surface area contributed by atoms with Crippen LogP contribution in [-0.4, -0.2) is 69.8 Å². The molecule has 0 radical (unpaired) electrons. The topological polar surface area (TPSA) is 76.5 Å². The summed E-state index contributed by atoms with van der Waals surface area (Å²) in [5.41, 5.74) is -0.925. The van der Waals surface area contributed by atoms with Gasteiger partial charge in [-0.25, -0.2) is 4.39 Å². The maximum Gasteiger partial charge on any atom is 0.248 e. The van der Waals surface area contributed by atoms with Gasteiger partial charge in [0.15, 0.2) is 0 Å². The number of piperidine rings is 1. The summed E-state index contributed by atoms with van der Waals surface area (Å²) in [5, 5.41) is 17.5. The fourth-order valence-corrected chi connectivity index (χ4v) is 4.85. The Morgan fingerprint density at radius 3 is 2.48 bits per heavy atom. The molecule has 2 fully saturated rings. The van der Waals surface area contributed by atoms with E-state index in [1.54, 1.807) is 28.9 Å². The second-order valence-corrected chi connectivity index (χ2v) is 8.95. The molecule has 3 aliphatic rings. The van der Waals surface area contributed by atoms with Crippen molar-refractivity contribution in [3.8, 4) is 0 Å². The predicted octanol–water partition coefficient (Wildman–Crippen LogP) is 2.31. The molecule has 0 saturated carbocycles. The van der Waals surface area contributed by atoms with Crippen molar-refractivity contribution >= 4 is 23.7 Å². The van der Waals surface area contributed by atoms with Gasteiger partial charge in [-0.05, 0) is 62.9 Å². The number of likely N-dealkylation sites (tertiary alicyclic amines) is 2. The minimum absolute atomic E-state index is 0.0115. The first-order valence-corrected chi connectivity index (χ1v) is 10.8. The molecule has 2 amide bonds. The third-order valence-electron chi connectivity index (χ3n) is 6.94. The van der Waals surface area contributed by atoms with Crippen molar-refractivity contribution in [2.45, 2.75) is 56.2 Å². The quantitative estimate of drug-likeness (QED) is 0.731. The molecule has 3 heterocycles. The van der Waals surface area contributed by atoms with Crippen molar-refractivity contribution in [1.82, 2.24) is 9.80 Å². The summed E-state index contributed by atoms with van der Waals surface area (Å²) >= 11 is 0. The van der Waals surface area contributed by atoms with Gasteiger partial charge in [-0.2, -0.15) is 5.10 Å². The number of anilines is 1. The van der Waals surface area contributed by atoms with Gasteiger partial charge in [0.05, 0.1) is 17.3 Å². The van der Waals surface area contributed by atoms with Crippen LogP contribution in [0.25, 0.3) is 0 Å². The number of amides is 2. The lowest BCUT2D eigenvalue weighted by Crippen LogP contribution is -2.68. The normalized spacial score (nSPS) is 27.2. The SMILES string of the molecule is C=CC(=O)N1CC[C@]1(C)C(=O)N1CCC(O)(CC2CC=NN2c2ccc(F)cc2)CC1. The minimum atomic E-state index is -0.898. The Bertz CT molecular complexity index is 895. The van der Waals surface area contributed by atoms with Gasteiger partial charge in [-0.15, -0.1) is 0 Å². The van der Waals surface area contributed by atoms with E-state index in [9.17, 15) is 19.1 Å². The molecule has 0 aromatic heterocycles. The molecule has 2 atom stereocenters. The lowest BCUT2D eigenvalue weighted by molar-refractivity contribution is -0.164. The van der Waals surface area contributed by atoms with Crippen LogP contribution >= 0.6 is 0 Å². The predicted molar refractivity (Wildman–Crippen MR) is 116 cm³/mol. The van der Waals surface area contributed by atoms with Gasteiger partial charge in [-0.3, -0.25) is 14.6 Å². The van der Waals surface area contributed by atoms with E-state index in [1.807, 2.05) is 11.2 Å². The number of rotatable bonds is 5. The summed E-state index contributed by atoms with van der Waals surface area (Å²) < 4.78 is 13.3. The highest BCUT2D eigenvalue weighted by atomic mass is 19.1. The van der Waals surface area contributed by atoms with E-state index in [-0.39, 0.29) is 23.7 Å². The standard InChI is InChI=1S/C23H29FN4O3/c1-3-20(29)27-15-9-22(27,2)21(30)26-13-10-23(31,11-14-26)16-19-8-12-25-28(19)18-6-4-17(24)5-7-18/h3-7,12,19,31H,1,8-11,13-16H2,2H3/t19?,22-/m1/s1. The van der Waals surface area contributed by atoms with Crippen LogP contribution in [0.3, 0.4) is 0 Å². The zero-order valence-corrected chi connectivity index (χ0v) is 17.8. The molecule has 8 heteroatoms. The van der Waals surface area contributed by atoms with Gasteiger partial charge in [0.1, 0.15) is 11.4 Å². The van der Waals surface area contributed by atoms with Crippen LogP contribution in [-0.2, 0) is 9.59 Å². The molecule has 166 valence electrons. The summed E-state index contributed by atoms with van der Waals surface area (Å²) in [4.78, 5) is 28.5. The molecule has 0 aliphatic carbocycles. The molecule has 1 aromatic rings. The highest BCUT2D eigenvalue weighted by Crippen LogP contribution is 2.37. The van der Waals surface area contributed by atoms with E-state index in [4.69, 9.17) is 0 Å². The first-order chi connectivity index (χ1) is 14.8. The number of carbonyl (C=O) groups excluding carboxylic acids is 2. The Balaban J connectivity index is 1.36. The highest BCUT2D eigenvalue weighted by Gasteiger charge is 2.51. The highest BCUT2D eigenvalue weighted by molar-refractivity contribution is 5.96. The Hall–Kier alpha value is -2.74. The van der Waals surface area contributed by atoms with E-state index >= 15 is 0 Å². The number of hydrogen-bond donors (Lipinski definition) is 1. The Labute approximate surface area is 181 Å². The van der Waals surface area contributed by atoms with Crippen LogP contribution in [0.2, 0.25) is 0 Å². The molecule has 3 aliphatic heterocycles. The number of hydrogen-bond acceptors (Lipinski definition) is 5. The molecule has 1 aromatic carbocycles. The van der Waals surface area contributed by atoms with Gasteiger partial charge < -0.3 is 14.9 Å². The molecule has 31 heavy (non-hydrogen) atoms. The summed E-state index contributed by atoms with van der Waals surface area (Å²) in [6, 6.07) is 6.17. The number of carbonyl (C=O) groups is 2. The van der Waals surface area contributed by atoms with Crippen molar-refractivity contribution in [1.29, 1.82) is 0 Å². The average Bonchev–Trinajstić information content (AvgIpc) is 3.20. The Kier molecular flexibility index (Phi) is 5.60. The number of benzene rings is 1. The fourth-order valence-electron chi connectivity index (χ4n) is 4.85. The van der Waals surface area contributed by atoms with Crippen LogP contribution < -0.4 is 5.01 Å². The molecular formula is C23H29FN4O3. The fraction of sp³-hybridized carbons (Fsp3) is 0.522. The van der Waals surface area contributed by atoms with Crippen molar-refractivity contribution in [3.05, 3.63) is 42.7 Å². The first-order valence-electron chi connectivity index (χ1n) is 10.8.